The monoisotopic (exact) mass is 454 g/mol. The van der Waals surface area contributed by atoms with Crippen LogP contribution in [0.5, 0.6) is 0 Å². The molecule has 2 rings (SSSR count). The lowest BCUT2D eigenvalue weighted by molar-refractivity contribution is -0.147. The Bertz CT molecular complexity index is 1030. The number of carbonyl (C=O) groups is 3. The van der Waals surface area contributed by atoms with Gasteiger partial charge in [-0.2, -0.15) is 8.78 Å². The van der Waals surface area contributed by atoms with Gasteiger partial charge in [0.1, 0.15) is 0 Å². The molecule has 0 saturated heterocycles. The molecule has 11 heteroatoms. The Hall–Kier alpha value is -3.34. The second-order valence-corrected chi connectivity index (χ2v) is 8.40. The average Bonchev–Trinajstić information content (AvgIpc) is 2.73. The molecular formula is C20H20F2N2O6S. The van der Waals surface area contributed by atoms with Gasteiger partial charge >= 0.3 is 11.7 Å². The van der Waals surface area contributed by atoms with Gasteiger partial charge in [0.05, 0.1) is 11.3 Å². The van der Waals surface area contributed by atoms with Crippen LogP contribution in [0.4, 0.5) is 14.5 Å². The van der Waals surface area contributed by atoms with Crippen LogP contribution in [-0.2, 0) is 24.2 Å². The van der Waals surface area contributed by atoms with Gasteiger partial charge in [0, 0.05) is 17.3 Å². The van der Waals surface area contributed by atoms with E-state index in [1.54, 1.807) is 37.3 Å². The lowest BCUT2D eigenvalue weighted by Gasteiger charge is -2.13. The standard InChI is InChI=1S/C20H20F2N2O6S/c1-13(23-19(27)14-5-3-2-4-6-14)11-18(26)30-12-17(25)24-15-7-9-16(10-8-15)31(28,29)20(21)22/h2-10,13,20H,11-12H2,1H3,(H,23,27)(H,24,25). The molecule has 2 N–H and O–H groups in total. The van der Waals surface area contributed by atoms with Gasteiger partial charge in [-0.25, -0.2) is 8.42 Å². The highest BCUT2D eigenvalue weighted by Gasteiger charge is 2.26. The number of hydrogen-bond acceptors (Lipinski definition) is 6. The van der Waals surface area contributed by atoms with Gasteiger partial charge in [-0.1, -0.05) is 18.2 Å². The molecule has 31 heavy (non-hydrogen) atoms. The Balaban J connectivity index is 1.78. The van der Waals surface area contributed by atoms with Crippen LogP contribution in [-0.4, -0.2) is 44.6 Å². The van der Waals surface area contributed by atoms with Crippen molar-refractivity contribution in [1.82, 2.24) is 5.32 Å². The Morgan fingerprint density at radius 1 is 1.00 bits per heavy atom. The van der Waals surface area contributed by atoms with Crippen LogP contribution in [0.1, 0.15) is 23.7 Å². The topological polar surface area (TPSA) is 119 Å². The minimum Gasteiger partial charge on any atom is -0.455 e. The van der Waals surface area contributed by atoms with Crippen LogP contribution < -0.4 is 10.6 Å². The number of alkyl halides is 2. The number of nitrogens with one attached hydrogen (secondary N) is 2. The molecule has 2 aromatic rings. The Morgan fingerprint density at radius 2 is 1.61 bits per heavy atom. The van der Waals surface area contributed by atoms with E-state index >= 15 is 0 Å². The number of sulfone groups is 1. The van der Waals surface area contributed by atoms with E-state index in [2.05, 4.69) is 10.6 Å². The zero-order valence-corrected chi connectivity index (χ0v) is 17.2. The Morgan fingerprint density at radius 3 is 2.19 bits per heavy atom. The summed E-state index contributed by atoms with van der Waals surface area (Å²) in [6.45, 7) is 0.993. The van der Waals surface area contributed by atoms with Crippen molar-refractivity contribution < 1.29 is 36.3 Å². The lowest BCUT2D eigenvalue weighted by atomic mass is 10.2. The van der Waals surface area contributed by atoms with Crippen LogP contribution in [0.25, 0.3) is 0 Å². The summed E-state index contributed by atoms with van der Waals surface area (Å²) in [5.74, 6) is -5.32. The first kappa shape index (κ1) is 23.9. The predicted octanol–water partition coefficient (Wildman–Crippen LogP) is 2.37. The largest absolute Gasteiger partial charge is 0.455 e. The number of ether oxygens (including phenoxy) is 1. The summed E-state index contributed by atoms with van der Waals surface area (Å²) in [6.07, 6.45) is -0.161. The number of benzene rings is 2. The van der Waals surface area contributed by atoms with Gasteiger partial charge < -0.3 is 15.4 Å². The summed E-state index contributed by atoms with van der Waals surface area (Å²) in [5, 5.41) is 4.98. The van der Waals surface area contributed by atoms with Crippen molar-refractivity contribution >= 4 is 33.3 Å². The summed E-state index contributed by atoms with van der Waals surface area (Å²) >= 11 is 0. The highest BCUT2D eigenvalue weighted by atomic mass is 32.2. The van der Waals surface area contributed by atoms with E-state index in [1.165, 1.54) is 0 Å². The van der Waals surface area contributed by atoms with E-state index in [9.17, 15) is 31.6 Å². The summed E-state index contributed by atoms with van der Waals surface area (Å²) in [5.41, 5.74) is 0.576. The van der Waals surface area contributed by atoms with E-state index in [1.807, 2.05) is 0 Å². The maximum Gasteiger partial charge on any atom is 0.341 e. The molecule has 0 aliphatic heterocycles. The zero-order chi connectivity index (χ0) is 23.0. The summed E-state index contributed by atoms with van der Waals surface area (Å²) in [6, 6.07) is 12.0. The number of amides is 2. The third-order valence-corrected chi connectivity index (χ3v) is 5.35. The van der Waals surface area contributed by atoms with Crippen LogP contribution in [0.2, 0.25) is 0 Å². The molecule has 0 heterocycles. The molecule has 0 radical (unpaired) electrons. The van der Waals surface area contributed by atoms with Gasteiger partial charge in [-0.15, -0.1) is 0 Å². The van der Waals surface area contributed by atoms with Crippen LogP contribution >= 0.6 is 0 Å². The van der Waals surface area contributed by atoms with Crippen molar-refractivity contribution in [2.75, 3.05) is 11.9 Å². The molecule has 0 aliphatic rings. The van der Waals surface area contributed by atoms with E-state index in [0.717, 1.165) is 24.3 Å². The van der Waals surface area contributed by atoms with Gasteiger partial charge in [0.15, 0.2) is 6.61 Å². The molecule has 2 amide bonds. The minimum atomic E-state index is -4.73. The highest BCUT2D eigenvalue weighted by Crippen LogP contribution is 2.20. The zero-order valence-electron chi connectivity index (χ0n) is 16.4. The molecule has 0 fully saturated rings. The van der Waals surface area contributed by atoms with Crippen LogP contribution in [0.3, 0.4) is 0 Å². The predicted molar refractivity (Wildman–Crippen MR) is 107 cm³/mol. The van der Waals surface area contributed by atoms with Crippen LogP contribution in [0, 0.1) is 0 Å². The molecule has 8 nitrogen and oxygen atoms in total. The fourth-order valence-electron chi connectivity index (χ4n) is 2.43. The van der Waals surface area contributed by atoms with Gasteiger partial charge in [0.2, 0.25) is 9.84 Å². The fraction of sp³-hybridized carbons (Fsp3) is 0.250. The minimum absolute atomic E-state index is 0.137. The van der Waals surface area contributed by atoms with Crippen molar-refractivity contribution in [3.63, 3.8) is 0 Å². The van der Waals surface area contributed by atoms with Gasteiger partial charge in [0.25, 0.3) is 11.8 Å². The number of carbonyl (C=O) groups excluding carboxylic acids is 3. The number of hydrogen-bond donors (Lipinski definition) is 2. The number of halogens is 2. The van der Waals surface area contributed by atoms with E-state index in [-0.39, 0.29) is 18.0 Å². The van der Waals surface area contributed by atoms with Crippen molar-refractivity contribution in [3.8, 4) is 0 Å². The van der Waals surface area contributed by atoms with Gasteiger partial charge in [-0.05, 0) is 43.3 Å². The maximum absolute atomic E-state index is 12.5. The molecular weight excluding hydrogens is 434 g/mol. The summed E-state index contributed by atoms with van der Waals surface area (Å²) in [7, 11) is -4.73. The van der Waals surface area contributed by atoms with Crippen molar-refractivity contribution in [2.45, 2.75) is 30.0 Å². The molecule has 1 atom stereocenters. The second kappa shape index (κ2) is 10.6. The van der Waals surface area contributed by atoms with E-state index < -0.39 is 45.0 Å². The second-order valence-electron chi connectivity index (χ2n) is 6.48. The third-order valence-electron chi connectivity index (χ3n) is 3.95. The van der Waals surface area contributed by atoms with Crippen molar-refractivity contribution in [3.05, 3.63) is 60.2 Å². The molecule has 0 aliphatic carbocycles. The first-order chi connectivity index (χ1) is 14.6. The van der Waals surface area contributed by atoms with Crippen LogP contribution in [0.15, 0.2) is 59.5 Å². The van der Waals surface area contributed by atoms with Gasteiger partial charge in [-0.3, -0.25) is 14.4 Å². The number of rotatable bonds is 9. The first-order valence-electron chi connectivity index (χ1n) is 9.03. The van der Waals surface area contributed by atoms with E-state index in [4.69, 9.17) is 4.74 Å². The number of anilines is 1. The maximum atomic E-state index is 12.5. The number of esters is 1. The summed E-state index contributed by atoms with van der Waals surface area (Å²) in [4.78, 5) is 35.2. The molecule has 0 spiro atoms. The lowest BCUT2D eigenvalue weighted by Crippen LogP contribution is -2.35. The summed E-state index contributed by atoms with van der Waals surface area (Å²) < 4.78 is 52.6. The Kier molecular flexibility index (Phi) is 8.20. The molecule has 0 saturated carbocycles. The average molecular weight is 454 g/mol. The van der Waals surface area contributed by atoms with E-state index in [0.29, 0.717) is 5.56 Å². The van der Waals surface area contributed by atoms with Crippen molar-refractivity contribution in [1.29, 1.82) is 0 Å². The highest BCUT2D eigenvalue weighted by molar-refractivity contribution is 7.91. The SMILES string of the molecule is CC(CC(=O)OCC(=O)Nc1ccc(S(=O)(=O)C(F)F)cc1)NC(=O)c1ccccc1. The fourth-order valence-corrected chi connectivity index (χ4v) is 3.15. The molecule has 0 aromatic heterocycles. The molecule has 2 aromatic carbocycles. The molecule has 166 valence electrons. The Labute approximate surface area is 177 Å². The normalized spacial score (nSPS) is 12.1. The quantitative estimate of drug-likeness (QED) is 0.562. The smallest absolute Gasteiger partial charge is 0.341 e. The van der Waals surface area contributed by atoms with Crippen molar-refractivity contribution in [2.24, 2.45) is 0 Å². The molecule has 0 bridgehead atoms. The first-order valence-corrected chi connectivity index (χ1v) is 10.6. The third kappa shape index (κ3) is 7.14. The molecule has 1 unspecified atom stereocenters.